The summed E-state index contributed by atoms with van der Waals surface area (Å²) < 4.78 is 0. The van der Waals surface area contributed by atoms with E-state index in [0.29, 0.717) is 6.04 Å². The molecule has 0 rings (SSSR count). The number of amidine groups is 1. The van der Waals surface area contributed by atoms with Crippen molar-refractivity contribution in [3.05, 3.63) is 0 Å². The molecule has 0 saturated heterocycles. The van der Waals surface area contributed by atoms with Gasteiger partial charge < -0.3 is 5.43 Å². The van der Waals surface area contributed by atoms with Crippen molar-refractivity contribution in [2.24, 2.45) is 10.8 Å². The van der Waals surface area contributed by atoms with Crippen LogP contribution in [0.25, 0.3) is 0 Å². The lowest BCUT2D eigenvalue weighted by atomic mass is 10.2. The molecule has 3 nitrogen and oxygen atoms in total. The zero-order chi connectivity index (χ0) is 8.69. The average Bonchev–Trinajstić information content (AvgIpc) is 1.97. The Morgan fingerprint density at radius 1 is 1.55 bits per heavy atom. The maximum Gasteiger partial charge on any atom is 0.111 e. The van der Waals surface area contributed by atoms with Gasteiger partial charge in [0.25, 0.3) is 0 Å². The normalized spacial score (nSPS) is 12.3. The van der Waals surface area contributed by atoms with Gasteiger partial charge in [-0.2, -0.15) is 0 Å². The van der Waals surface area contributed by atoms with Crippen LogP contribution in [-0.2, 0) is 0 Å². The van der Waals surface area contributed by atoms with E-state index in [2.05, 4.69) is 17.3 Å². The molecule has 3 N–H and O–H groups in total. The average molecular weight is 157 g/mol. The largest absolute Gasteiger partial charge is 0.312 e. The lowest BCUT2D eigenvalue weighted by Gasteiger charge is -2.05. The molecular weight excluding hydrogens is 138 g/mol. The van der Waals surface area contributed by atoms with Crippen LogP contribution in [0.2, 0.25) is 0 Å². The van der Waals surface area contributed by atoms with Crippen LogP contribution in [0.1, 0.15) is 40.0 Å². The van der Waals surface area contributed by atoms with Gasteiger partial charge in [-0.25, -0.2) is 5.84 Å². The number of rotatable bonds is 4. The van der Waals surface area contributed by atoms with Crippen LogP contribution >= 0.6 is 0 Å². The summed E-state index contributed by atoms with van der Waals surface area (Å²) in [4.78, 5) is 4.31. The summed E-state index contributed by atoms with van der Waals surface area (Å²) in [5, 5.41) is 0. The van der Waals surface area contributed by atoms with Crippen LogP contribution in [0.3, 0.4) is 0 Å². The Morgan fingerprint density at radius 2 is 2.18 bits per heavy atom. The highest BCUT2D eigenvalue weighted by Crippen LogP contribution is 1.96. The standard InChI is InChI=1S/C8H19N3/c1-4-5-6-8(11-9)10-7(2)3/h7H,4-6,9H2,1-3H3,(H,10,11). The Bertz CT molecular complexity index is 119. The molecule has 0 aliphatic rings. The van der Waals surface area contributed by atoms with Crippen molar-refractivity contribution >= 4 is 5.84 Å². The number of hydrazine groups is 1. The van der Waals surface area contributed by atoms with Crippen LogP contribution < -0.4 is 11.3 Å². The monoisotopic (exact) mass is 157 g/mol. The summed E-state index contributed by atoms with van der Waals surface area (Å²) in [5.74, 6) is 6.20. The van der Waals surface area contributed by atoms with Gasteiger partial charge in [0.15, 0.2) is 0 Å². The molecule has 0 bridgehead atoms. The zero-order valence-corrected chi connectivity index (χ0v) is 7.72. The van der Waals surface area contributed by atoms with Gasteiger partial charge in [-0.1, -0.05) is 13.3 Å². The molecule has 0 spiro atoms. The van der Waals surface area contributed by atoms with Crippen molar-refractivity contribution in [3.8, 4) is 0 Å². The smallest absolute Gasteiger partial charge is 0.111 e. The predicted octanol–water partition coefficient (Wildman–Crippen LogP) is 1.45. The molecule has 0 aliphatic carbocycles. The first kappa shape index (κ1) is 10.4. The number of nitrogens with one attached hydrogen (secondary N) is 1. The molecule has 0 aromatic heterocycles. The first-order valence-corrected chi connectivity index (χ1v) is 4.24. The topological polar surface area (TPSA) is 50.4 Å². The third kappa shape index (κ3) is 5.85. The Balaban J connectivity index is 3.74. The third-order valence-corrected chi connectivity index (χ3v) is 1.35. The Morgan fingerprint density at radius 3 is 2.55 bits per heavy atom. The van der Waals surface area contributed by atoms with Crippen LogP contribution in [0.5, 0.6) is 0 Å². The number of nitrogens with two attached hydrogens (primary N) is 1. The summed E-state index contributed by atoms with van der Waals surface area (Å²) in [5.41, 5.74) is 2.62. The fourth-order valence-corrected chi connectivity index (χ4v) is 0.830. The molecule has 0 fully saturated rings. The van der Waals surface area contributed by atoms with Crippen molar-refractivity contribution in [3.63, 3.8) is 0 Å². The van der Waals surface area contributed by atoms with E-state index in [1.165, 1.54) is 6.42 Å². The van der Waals surface area contributed by atoms with Gasteiger partial charge in [0.2, 0.25) is 0 Å². The molecule has 0 heterocycles. The summed E-state index contributed by atoms with van der Waals surface area (Å²) >= 11 is 0. The molecule has 0 aliphatic heterocycles. The van der Waals surface area contributed by atoms with E-state index >= 15 is 0 Å². The van der Waals surface area contributed by atoms with Crippen LogP contribution in [-0.4, -0.2) is 11.9 Å². The van der Waals surface area contributed by atoms with Gasteiger partial charge >= 0.3 is 0 Å². The quantitative estimate of drug-likeness (QED) is 0.281. The Hall–Kier alpha value is -0.570. The van der Waals surface area contributed by atoms with E-state index in [1.54, 1.807) is 0 Å². The molecule has 0 atom stereocenters. The second-order valence-electron chi connectivity index (χ2n) is 2.92. The number of aliphatic imine (C=N–C) groups is 1. The van der Waals surface area contributed by atoms with E-state index in [1.807, 2.05) is 13.8 Å². The van der Waals surface area contributed by atoms with Crippen molar-refractivity contribution in [1.82, 2.24) is 5.43 Å². The lowest BCUT2D eigenvalue weighted by molar-refractivity contribution is 0.769. The highest BCUT2D eigenvalue weighted by molar-refractivity contribution is 5.81. The molecule has 0 saturated carbocycles. The second kappa shape index (κ2) is 6.16. The minimum absolute atomic E-state index is 0.331. The predicted molar refractivity (Wildman–Crippen MR) is 49.4 cm³/mol. The van der Waals surface area contributed by atoms with Gasteiger partial charge in [0.1, 0.15) is 5.84 Å². The highest BCUT2D eigenvalue weighted by atomic mass is 15.2. The number of nitrogens with zero attached hydrogens (tertiary/aromatic N) is 1. The van der Waals surface area contributed by atoms with Crippen LogP contribution in [0, 0.1) is 0 Å². The van der Waals surface area contributed by atoms with Gasteiger partial charge in [0, 0.05) is 12.5 Å². The van der Waals surface area contributed by atoms with E-state index in [9.17, 15) is 0 Å². The summed E-state index contributed by atoms with van der Waals surface area (Å²) in [6.45, 7) is 6.25. The van der Waals surface area contributed by atoms with E-state index in [4.69, 9.17) is 5.84 Å². The highest BCUT2D eigenvalue weighted by Gasteiger charge is 1.96. The van der Waals surface area contributed by atoms with E-state index in [0.717, 1.165) is 18.7 Å². The summed E-state index contributed by atoms with van der Waals surface area (Å²) in [6.07, 6.45) is 3.29. The first-order chi connectivity index (χ1) is 5.20. The van der Waals surface area contributed by atoms with Gasteiger partial charge in [-0.05, 0) is 20.3 Å². The molecule has 11 heavy (non-hydrogen) atoms. The Labute approximate surface area is 69.0 Å². The van der Waals surface area contributed by atoms with Gasteiger partial charge in [0.05, 0.1) is 0 Å². The molecule has 0 unspecified atom stereocenters. The van der Waals surface area contributed by atoms with Crippen molar-refractivity contribution < 1.29 is 0 Å². The van der Waals surface area contributed by atoms with Crippen molar-refractivity contribution in [2.45, 2.75) is 46.1 Å². The third-order valence-electron chi connectivity index (χ3n) is 1.35. The van der Waals surface area contributed by atoms with Gasteiger partial charge in [-0.3, -0.25) is 4.99 Å². The molecule has 0 amide bonds. The number of hydrogen-bond acceptors (Lipinski definition) is 2. The molecule has 3 heteroatoms. The number of unbranched alkanes of at least 4 members (excludes halogenated alkanes) is 1. The lowest BCUT2D eigenvalue weighted by Crippen LogP contribution is -2.31. The molecular formula is C8H19N3. The van der Waals surface area contributed by atoms with E-state index < -0.39 is 0 Å². The first-order valence-electron chi connectivity index (χ1n) is 4.24. The second-order valence-corrected chi connectivity index (χ2v) is 2.92. The fourth-order valence-electron chi connectivity index (χ4n) is 0.830. The zero-order valence-electron chi connectivity index (χ0n) is 7.72. The maximum atomic E-state index is 5.28. The summed E-state index contributed by atoms with van der Waals surface area (Å²) in [7, 11) is 0. The van der Waals surface area contributed by atoms with Crippen molar-refractivity contribution in [1.29, 1.82) is 0 Å². The maximum absolute atomic E-state index is 5.28. The van der Waals surface area contributed by atoms with E-state index in [-0.39, 0.29) is 0 Å². The Kier molecular flexibility index (Phi) is 5.84. The van der Waals surface area contributed by atoms with Gasteiger partial charge in [-0.15, -0.1) is 0 Å². The molecule has 0 aromatic rings. The SMILES string of the molecule is CCCCC(=NC(C)C)NN. The fraction of sp³-hybridized carbons (Fsp3) is 0.875. The minimum atomic E-state index is 0.331. The number of hydrogen-bond donors (Lipinski definition) is 2. The minimum Gasteiger partial charge on any atom is -0.312 e. The summed E-state index contributed by atoms with van der Waals surface area (Å²) in [6, 6.07) is 0.331. The van der Waals surface area contributed by atoms with Crippen LogP contribution in [0.15, 0.2) is 4.99 Å². The van der Waals surface area contributed by atoms with Crippen LogP contribution in [0.4, 0.5) is 0 Å². The molecule has 0 radical (unpaired) electrons. The molecule has 66 valence electrons. The van der Waals surface area contributed by atoms with Crippen molar-refractivity contribution in [2.75, 3.05) is 0 Å². The molecule has 0 aromatic carbocycles.